The van der Waals surface area contributed by atoms with E-state index in [4.69, 9.17) is 5.11 Å². The number of aromatic nitrogens is 2. The van der Waals surface area contributed by atoms with Crippen molar-refractivity contribution in [2.75, 3.05) is 0 Å². The number of hydrogen-bond acceptors (Lipinski definition) is 7. The lowest BCUT2D eigenvalue weighted by atomic mass is 10.5. The first-order valence-electron chi connectivity index (χ1n) is 4.12. The zero-order valence-corrected chi connectivity index (χ0v) is 8.17. The van der Waals surface area contributed by atoms with Crippen molar-refractivity contribution in [3.63, 3.8) is 0 Å². The summed E-state index contributed by atoms with van der Waals surface area (Å²) in [6.45, 7) is 2.66. The van der Waals surface area contributed by atoms with Crippen LogP contribution in [0.2, 0.25) is 0 Å². The van der Waals surface area contributed by atoms with Crippen LogP contribution in [0.15, 0.2) is 4.63 Å². The lowest BCUT2D eigenvalue weighted by molar-refractivity contribution is -0.804. The molecule has 1 heterocycles. The third-order valence-corrected chi connectivity index (χ3v) is 1.30. The largest absolute Gasteiger partial charge is 0.517 e. The number of carbonyl (C=O) groups is 1. The van der Waals surface area contributed by atoms with Crippen molar-refractivity contribution >= 4 is 6.16 Å². The van der Waals surface area contributed by atoms with Gasteiger partial charge in [-0.1, -0.05) is 0 Å². The fourth-order valence-electron chi connectivity index (χ4n) is 0.756. The number of rotatable bonds is 3. The number of nitrogens with zero attached hydrogens (tertiary/aromatic N) is 2. The maximum Gasteiger partial charge on any atom is 0.517 e. The van der Waals surface area contributed by atoms with E-state index in [2.05, 4.69) is 19.3 Å². The predicted octanol–water partition coefficient (Wildman–Crippen LogP) is -0.276. The molecule has 0 aliphatic carbocycles. The van der Waals surface area contributed by atoms with Crippen molar-refractivity contribution in [2.24, 2.45) is 0 Å². The summed E-state index contributed by atoms with van der Waals surface area (Å²) >= 11 is 0. The summed E-state index contributed by atoms with van der Waals surface area (Å²) in [5.74, 6) is -0.525. The molecule has 0 aliphatic rings. The third kappa shape index (κ3) is 2.81. The average Bonchev–Trinajstić information content (AvgIpc) is 2.46. The molecule has 1 rings (SSSR count). The smallest absolute Gasteiger partial charge is 0.431 e. The summed E-state index contributed by atoms with van der Waals surface area (Å²) < 4.78 is 13.2. The molecule has 8 heteroatoms. The van der Waals surface area contributed by atoms with E-state index in [1.807, 2.05) is 0 Å². The first kappa shape index (κ1) is 11.2. The maximum atomic E-state index is 11.0. The fourth-order valence-corrected chi connectivity index (χ4v) is 0.756. The molecule has 0 saturated heterocycles. The Hall–Kier alpha value is -1.83. The Bertz CT molecular complexity index is 347. The zero-order valence-electron chi connectivity index (χ0n) is 8.17. The quantitative estimate of drug-likeness (QED) is 0.549. The molecule has 0 amide bonds. The van der Waals surface area contributed by atoms with E-state index in [0.29, 0.717) is 0 Å². The van der Waals surface area contributed by atoms with Crippen molar-refractivity contribution < 1.29 is 28.9 Å². The standard InChI is InChI=1S/C7H10N2O6/c1-4(2)13-7(11)14-6-5(3-10)8-15-9(6)12/h4,10H,3H2,1-2H3. The van der Waals surface area contributed by atoms with Crippen LogP contribution >= 0.6 is 0 Å². The van der Waals surface area contributed by atoms with E-state index in [1.165, 1.54) is 0 Å². The van der Waals surface area contributed by atoms with Gasteiger partial charge in [-0.25, -0.2) is 4.79 Å². The number of aliphatic hydroxyl groups is 1. The summed E-state index contributed by atoms with van der Waals surface area (Å²) in [4.78, 5) is 10.9. The molecule has 84 valence electrons. The molecule has 0 unspecified atom stereocenters. The predicted molar refractivity (Wildman–Crippen MR) is 43.6 cm³/mol. The summed E-state index contributed by atoms with van der Waals surface area (Å²) in [6, 6.07) is 0. The van der Waals surface area contributed by atoms with Crippen LogP contribution in [0.1, 0.15) is 19.5 Å². The highest BCUT2D eigenvalue weighted by Gasteiger charge is 2.24. The minimum Gasteiger partial charge on any atom is -0.431 e. The summed E-state index contributed by atoms with van der Waals surface area (Å²) in [6.07, 6.45) is -1.44. The Morgan fingerprint density at radius 3 is 2.93 bits per heavy atom. The van der Waals surface area contributed by atoms with Gasteiger partial charge < -0.3 is 19.8 Å². The van der Waals surface area contributed by atoms with Crippen molar-refractivity contribution in [3.05, 3.63) is 10.9 Å². The van der Waals surface area contributed by atoms with Crippen LogP contribution in [0.3, 0.4) is 0 Å². The first-order valence-corrected chi connectivity index (χ1v) is 4.12. The van der Waals surface area contributed by atoms with Gasteiger partial charge in [-0.05, 0) is 18.8 Å². The van der Waals surface area contributed by atoms with E-state index in [9.17, 15) is 10.0 Å². The Kier molecular flexibility index (Phi) is 3.45. The molecule has 0 saturated carbocycles. The molecule has 0 aliphatic heterocycles. The second-order valence-electron chi connectivity index (χ2n) is 2.86. The normalized spacial score (nSPS) is 10.4. The third-order valence-electron chi connectivity index (χ3n) is 1.30. The van der Waals surface area contributed by atoms with Gasteiger partial charge in [0.15, 0.2) is 0 Å². The second-order valence-corrected chi connectivity index (χ2v) is 2.86. The van der Waals surface area contributed by atoms with E-state index in [1.54, 1.807) is 13.8 Å². The number of ether oxygens (including phenoxy) is 2. The van der Waals surface area contributed by atoms with Crippen LogP contribution in [0.25, 0.3) is 0 Å². The van der Waals surface area contributed by atoms with E-state index >= 15 is 0 Å². The first-order chi connectivity index (χ1) is 7.04. The molecule has 15 heavy (non-hydrogen) atoms. The molecule has 0 bridgehead atoms. The molecule has 1 N–H and O–H groups in total. The van der Waals surface area contributed by atoms with Crippen LogP contribution in [-0.4, -0.2) is 22.5 Å². The number of carbonyl (C=O) groups excluding carboxylic acids is 1. The molecule has 0 radical (unpaired) electrons. The van der Waals surface area contributed by atoms with Gasteiger partial charge in [0.25, 0.3) is 5.69 Å². The molecular weight excluding hydrogens is 208 g/mol. The minimum absolute atomic E-state index is 0.132. The van der Waals surface area contributed by atoms with Gasteiger partial charge in [-0.3, -0.25) is 4.63 Å². The zero-order chi connectivity index (χ0) is 11.4. The Morgan fingerprint density at radius 1 is 1.73 bits per heavy atom. The van der Waals surface area contributed by atoms with E-state index in [0.717, 1.165) is 0 Å². The van der Waals surface area contributed by atoms with Crippen LogP contribution in [0, 0.1) is 5.21 Å². The monoisotopic (exact) mass is 218 g/mol. The van der Waals surface area contributed by atoms with Crippen LogP contribution in [-0.2, 0) is 11.3 Å². The number of aliphatic hydroxyl groups excluding tert-OH is 1. The van der Waals surface area contributed by atoms with Gasteiger partial charge in [0.1, 0.15) is 6.61 Å². The number of hydrogen-bond donors (Lipinski definition) is 1. The molecular formula is C7H10N2O6. The highest BCUT2D eigenvalue weighted by atomic mass is 16.8. The van der Waals surface area contributed by atoms with E-state index < -0.39 is 18.6 Å². The highest BCUT2D eigenvalue weighted by Crippen LogP contribution is 2.11. The molecule has 1 aromatic rings. The second kappa shape index (κ2) is 4.60. The molecule has 0 spiro atoms. The van der Waals surface area contributed by atoms with Crippen LogP contribution < -0.4 is 9.64 Å². The summed E-state index contributed by atoms with van der Waals surface area (Å²) in [7, 11) is 0. The van der Waals surface area contributed by atoms with Crippen molar-refractivity contribution in [1.29, 1.82) is 0 Å². The topological polar surface area (TPSA) is 109 Å². The maximum absolute atomic E-state index is 11.0. The lowest BCUT2D eigenvalue weighted by Gasteiger charge is -2.05. The van der Waals surface area contributed by atoms with Gasteiger partial charge in [0, 0.05) is 5.16 Å². The minimum atomic E-state index is -1.06. The van der Waals surface area contributed by atoms with Crippen molar-refractivity contribution in [1.82, 2.24) is 5.16 Å². The van der Waals surface area contributed by atoms with E-state index in [-0.39, 0.29) is 16.7 Å². The van der Waals surface area contributed by atoms with Crippen molar-refractivity contribution in [2.45, 2.75) is 26.6 Å². The summed E-state index contributed by atoms with van der Waals surface area (Å²) in [5, 5.41) is 22.7. The molecule has 1 aromatic heterocycles. The van der Waals surface area contributed by atoms with Gasteiger partial charge in [-0.2, -0.15) is 0 Å². The SMILES string of the molecule is CC(C)OC(=O)Oc1c(CO)no[n+]1[O-]. The van der Waals surface area contributed by atoms with Crippen LogP contribution in [0.5, 0.6) is 5.88 Å². The average molecular weight is 218 g/mol. The lowest BCUT2D eigenvalue weighted by Crippen LogP contribution is -2.29. The molecule has 0 aromatic carbocycles. The van der Waals surface area contributed by atoms with Crippen molar-refractivity contribution in [3.8, 4) is 5.88 Å². The van der Waals surface area contributed by atoms with Gasteiger partial charge >= 0.3 is 12.0 Å². The Balaban J connectivity index is 2.71. The fraction of sp³-hybridized carbons (Fsp3) is 0.571. The Labute approximate surface area is 84.5 Å². The summed E-state index contributed by atoms with van der Waals surface area (Å²) in [5.41, 5.74) is -0.175. The molecule has 0 atom stereocenters. The Morgan fingerprint density at radius 2 is 2.40 bits per heavy atom. The van der Waals surface area contributed by atoms with Crippen LogP contribution in [0.4, 0.5) is 4.79 Å². The molecule has 8 nitrogen and oxygen atoms in total. The highest BCUT2D eigenvalue weighted by molar-refractivity contribution is 5.63. The van der Waals surface area contributed by atoms with Gasteiger partial charge in [0.05, 0.1) is 6.10 Å². The van der Waals surface area contributed by atoms with Gasteiger partial charge in [0.2, 0.25) is 0 Å². The molecule has 0 fully saturated rings. The van der Waals surface area contributed by atoms with Gasteiger partial charge in [-0.15, -0.1) is 0 Å².